The maximum Gasteiger partial charge on any atom is 0.0992 e. The van der Waals surface area contributed by atoms with Crippen molar-refractivity contribution in [2.45, 2.75) is 13.0 Å². The monoisotopic (exact) mass is 246 g/mol. The molecule has 0 saturated carbocycles. The minimum absolute atomic E-state index is 0.00384. The van der Waals surface area contributed by atoms with Gasteiger partial charge in [0, 0.05) is 24.3 Å². The van der Waals surface area contributed by atoms with Crippen LogP contribution in [0, 0.1) is 11.3 Å². The van der Waals surface area contributed by atoms with Crippen LogP contribution in [-0.2, 0) is 0 Å². The van der Waals surface area contributed by atoms with Gasteiger partial charge in [-0.2, -0.15) is 5.26 Å². The number of nitrogens with zero attached hydrogens (tertiary/aromatic N) is 2. The Labute approximate surface area is 107 Å². The van der Waals surface area contributed by atoms with Gasteiger partial charge in [0.1, 0.15) is 0 Å². The highest BCUT2D eigenvalue weighted by Crippen LogP contribution is 2.27. The summed E-state index contributed by atoms with van der Waals surface area (Å²) in [5.41, 5.74) is 2.03. The fourth-order valence-corrected chi connectivity index (χ4v) is 1.83. The summed E-state index contributed by atoms with van der Waals surface area (Å²) in [6, 6.07) is 7.22. The van der Waals surface area contributed by atoms with Crippen LogP contribution in [0.15, 0.2) is 30.9 Å². The van der Waals surface area contributed by atoms with E-state index < -0.39 is 6.10 Å². The minimum Gasteiger partial charge on any atom is -0.395 e. The zero-order chi connectivity index (χ0) is 13.5. The van der Waals surface area contributed by atoms with Crippen LogP contribution in [0.1, 0.15) is 24.2 Å². The third kappa shape index (κ3) is 3.33. The highest BCUT2D eigenvalue weighted by Gasteiger charge is 2.14. The Balaban J connectivity index is 3.23. The molecular formula is C14H18N2O2. The molecule has 0 bridgehead atoms. The summed E-state index contributed by atoms with van der Waals surface area (Å²) in [7, 11) is 0. The van der Waals surface area contributed by atoms with E-state index >= 15 is 0 Å². The van der Waals surface area contributed by atoms with Gasteiger partial charge in [-0.25, -0.2) is 0 Å². The molecule has 0 aliphatic rings. The lowest BCUT2D eigenvalue weighted by Gasteiger charge is -2.26. The van der Waals surface area contributed by atoms with Gasteiger partial charge in [-0.3, -0.25) is 0 Å². The number of hydrogen-bond donors (Lipinski definition) is 2. The molecule has 1 aromatic carbocycles. The summed E-state index contributed by atoms with van der Waals surface area (Å²) in [6.45, 7) is 6.34. The molecule has 4 nitrogen and oxygen atoms in total. The number of anilines is 1. The van der Waals surface area contributed by atoms with E-state index in [9.17, 15) is 5.11 Å². The van der Waals surface area contributed by atoms with Gasteiger partial charge in [-0.15, -0.1) is 6.58 Å². The predicted octanol–water partition coefficient (Wildman–Crippen LogP) is 1.60. The van der Waals surface area contributed by atoms with Gasteiger partial charge in [0.15, 0.2) is 0 Å². The summed E-state index contributed by atoms with van der Waals surface area (Å²) in [6.07, 6.45) is 1.10. The van der Waals surface area contributed by atoms with Gasteiger partial charge in [0.25, 0.3) is 0 Å². The summed E-state index contributed by atoms with van der Waals surface area (Å²) in [5.74, 6) is 0. The van der Waals surface area contributed by atoms with Gasteiger partial charge < -0.3 is 15.1 Å². The van der Waals surface area contributed by atoms with E-state index in [4.69, 9.17) is 10.4 Å². The molecule has 0 spiro atoms. The van der Waals surface area contributed by atoms with Crippen molar-refractivity contribution >= 4 is 5.69 Å². The van der Waals surface area contributed by atoms with Crippen molar-refractivity contribution in [2.75, 3.05) is 24.6 Å². The van der Waals surface area contributed by atoms with Crippen LogP contribution in [0.25, 0.3) is 0 Å². The fraction of sp³-hybridized carbons (Fsp3) is 0.357. The van der Waals surface area contributed by atoms with Crippen LogP contribution < -0.4 is 4.90 Å². The summed E-state index contributed by atoms with van der Waals surface area (Å²) < 4.78 is 0. The minimum atomic E-state index is -0.626. The van der Waals surface area contributed by atoms with Crippen LogP contribution in [-0.4, -0.2) is 29.9 Å². The Morgan fingerprint density at radius 1 is 1.56 bits per heavy atom. The zero-order valence-electron chi connectivity index (χ0n) is 10.5. The highest BCUT2D eigenvalue weighted by molar-refractivity contribution is 5.58. The molecule has 0 aromatic heterocycles. The number of aliphatic hydroxyl groups is 2. The molecular weight excluding hydrogens is 228 g/mol. The molecule has 1 atom stereocenters. The normalized spacial score (nSPS) is 11.7. The first-order chi connectivity index (χ1) is 8.63. The zero-order valence-corrected chi connectivity index (χ0v) is 10.5. The Morgan fingerprint density at radius 2 is 2.28 bits per heavy atom. The second-order valence-corrected chi connectivity index (χ2v) is 4.02. The van der Waals surface area contributed by atoms with Gasteiger partial charge >= 0.3 is 0 Å². The first-order valence-electron chi connectivity index (χ1n) is 5.82. The van der Waals surface area contributed by atoms with Crippen LogP contribution in [0.5, 0.6) is 0 Å². The maximum atomic E-state index is 9.76. The average molecular weight is 246 g/mol. The molecule has 0 radical (unpaired) electrons. The Hall–Kier alpha value is -1.83. The molecule has 0 unspecified atom stereocenters. The van der Waals surface area contributed by atoms with Crippen molar-refractivity contribution in [1.29, 1.82) is 5.26 Å². The van der Waals surface area contributed by atoms with Crippen LogP contribution in [0.3, 0.4) is 0 Å². The lowest BCUT2D eigenvalue weighted by atomic mass is 10.0. The van der Waals surface area contributed by atoms with E-state index in [1.54, 1.807) is 31.2 Å². The maximum absolute atomic E-state index is 9.76. The highest BCUT2D eigenvalue weighted by atomic mass is 16.3. The first-order valence-corrected chi connectivity index (χ1v) is 5.82. The van der Waals surface area contributed by atoms with Crippen LogP contribution in [0.4, 0.5) is 5.69 Å². The largest absolute Gasteiger partial charge is 0.395 e. The number of rotatable bonds is 6. The third-order valence-corrected chi connectivity index (χ3v) is 2.67. The van der Waals surface area contributed by atoms with Gasteiger partial charge in [0.05, 0.1) is 24.3 Å². The quantitative estimate of drug-likeness (QED) is 0.748. The Kier molecular flexibility index (Phi) is 5.37. The van der Waals surface area contributed by atoms with Gasteiger partial charge in [-0.05, 0) is 19.1 Å². The molecule has 1 rings (SSSR count). The molecule has 0 aliphatic heterocycles. The van der Waals surface area contributed by atoms with Crippen LogP contribution >= 0.6 is 0 Å². The lowest BCUT2D eigenvalue weighted by molar-refractivity contribution is 0.199. The standard InChI is InChI=1S/C14H18N2O2/c1-3-6-16(7-8-17)14-9-12(10-15)4-5-13(14)11(2)18/h3-5,9,11,17-18H,1,6-8H2,2H3/t11-/m0/s1. The molecule has 0 fully saturated rings. The molecule has 0 amide bonds. The summed E-state index contributed by atoms with van der Waals surface area (Å²) in [5, 5.41) is 27.8. The second kappa shape index (κ2) is 6.80. The molecule has 18 heavy (non-hydrogen) atoms. The van der Waals surface area contributed by atoms with Crippen LogP contribution in [0.2, 0.25) is 0 Å². The van der Waals surface area contributed by atoms with E-state index in [0.717, 1.165) is 11.3 Å². The number of benzene rings is 1. The molecule has 4 heteroatoms. The topological polar surface area (TPSA) is 67.5 Å². The van der Waals surface area contributed by atoms with Crippen molar-refractivity contribution in [3.8, 4) is 6.07 Å². The summed E-state index contributed by atoms with van der Waals surface area (Å²) >= 11 is 0. The van der Waals surface area contributed by atoms with E-state index in [1.165, 1.54) is 0 Å². The van der Waals surface area contributed by atoms with Crippen molar-refractivity contribution < 1.29 is 10.2 Å². The number of hydrogen-bond acceptors (Lipinski definition) is 4. The van der Waals surface area contributed by atoms with Crippen molar-refractivity contribution in [2.24, 2.45) is 0 Å². The van der Waals surface area contributed by atoms with E-state index in [0.29, 0.717) is 18.7 Å². The third-order valence-electron chi connectivity index (χ3n) is 2.67. The summed E-state index contributed by atoms with van der Waals surface area (Å²) in [4.78, 5) is 1.88. The van der Waals surface area contributed by atoms with Crippen molar-refractivity contribution in [3.63, 3.8) is 0 Å². The predicted molar refractivity (Wildman–Crippen MR) is 71.3 cm³/mol. The molecule has 96 valence electrons. The van der Waals surface area contributed by atoms with Crippen molar-refractivity contribution in [3.05, 3.63) is 42.0 Å². The Morgan fingerprint density at radius 3 is 2.78 bits per heavy atom. The second-order valence-electron chi connectivity index (χ2n) is 4.02. The van der Waals surface area contributed by atoms with E-state index in [2.05, 4.69) is 12.6 Å². The SMILES string of the molecule is C=CCN(CCO)c1cc(C#N)ccc1[C@H](C)O. The molecule has 0 aliphatic carbocycles. The Bertz CT molecular complexity index is 450. The lowest BCUT2D eigenvalue weighted by Crippen LogP contribution is -2.28. The van der Waals surface area contributed by atoms with Crippen molar-refractivity contribution in [1.82, 2.24) is 0 Å². The molecule has 0 saturated heterocycles. The molecule has 0 heterocycles. The number of aliphatic hydroxyl groups excluding tert-OH is 2. The fourth-order valence-electron chi connectivity index (χ4n) is 1.83. The van der Waals surface area contributed by atoms with Gasteiger partial charge in [-0.1, -0.05) is 12.1 Å². The number of nitriles is 1. The molecule has 1 aromatic rings. The van der Waals surface area contributed by atoms with E-state index in [-0.39, 0.29) is 6.61 Å². The van der Waals surface area contributed by atoms with E-state index in [1.807, 2.05) is 4.90 Å². The van der Waals surface area contributed by atoms with Gasteiger partial charge in [0.2, 0.25) is 0 Å². The smallest absolute Gasteiger partial charge is 0.0992 e. The molecule has 2 N–H and O–H groups in total. The first kappa shape index (κ1) is 14.2. The average Bonchev–Trinajstić information content (AvgIpc) is 2.37.